The van der Waals surface area contributed by atoms with Gasteiger partial charge in [-0.3, -0.25) is 9.59 Å². The molecule has 2 atom stereocenters. The Bertz CT molecular complexity index is 586. The molecule has 0 aliphatic carbocycles. The van der Waals surface area contributed by atoms with Gasteiger partial charge in [0.05, 0.1) is 13.0 Å². The Morgan fingerprint density at radius 2 is 2.05 bits per heavy atom. The van der Waals surface area contributed by atoms with Gasteiger partial charge in [0.1, 0.15) is 6.04 Å². The van der Waals surface area contributed by atoms with E-state index < -0.39 is 23.9 Å². The third-order valence-corrected chi connectivity index (χ3v) is 4.23. The van der Waals surface area contributed by atoms with Gasteiger partial charge in [-0.2, -0.15) is 0 Å². The van der Waals surface area contributed by atoms with E-state index in [0.29, 0.717) is 0 Å². The molecule has 6 nitrogen and oxygen atoms in total. The number of rotatable bonds is 5. The molecule has 2 unspecified atom stereocenters. The van der Waals surface area contributed by atoms with Crippen molar-refractivity contribution < 1.29 is 24.2 Å². The van der Waals surface area contributed by atoms with E-state index in [0.717, 1.165) is 10.0 Å². The topological polar surface area (TPSA) is 83.9 Å². The molecule has 1 amide bonds. The first kappa shape index (κ1) is 16.5. The highest BCUT2D eigenvalue weighted by atomic mass is 79.9. The SMILES string of the molecule is COC(=O)C1CC(=O)N(C(Cc2ccc(Br)cc2)C(=O)O)C1. The van der Waals surface area contributed by atoms with E-state index in [4.69, 9.17) is 0 Å². The number of nitrogens with zero attached hydrogens (tertiary/aromatic N) is 1. The van der Waals surface area contributed by atoms with Crippen LogP contribution in [0.4, 0.5) is 0 Å². The Balaban J connectivity index is 2.14. The van der Waals surface area contributed by atoms with Gasteiger partial charge in [-0.15, -0.1) is 0 Å². The Morgan fingerprint density at radius 1 is 1.41 bits per heavy atom. The number of carboxylic acids is 1. The monoisotopic (exact) mass is 369 g/mol. The van der Waals surface area contributed by atoms with Crippen LogP contribution in [0.3, 0.4) is 0 Å². The Kier molecular flexibility index (Phi) is 5.18. The van der Waals surface area contributed by atoms with Gasteiger partial charge in [-0.05, 0) is 17.7 Å². The summed E-state index contributed by atoms with van der Waals surface area (Å²) in [6.07, 6.45) is 0.193. The van der Waals surface area contributed by atoms with E-state index in [-0.39, 0.29) is 25.3 Å². The molecule has 1 aromatic carbocycles. The van der Waals surface area contributed by atoms with Crippen LogP contribution in [-0.2, 0) is 25.5 Å². The average Bonchev–Trinajstić information content (AvgIpc) is 2.87. The second-order valence-electron chi connectivity index (χ2n) is 5.15. The number of carboxylic acid groups (broad SMARTS) is 1. The zero-order chi connectivity index (χ0) is 16.3. The van der Waals surface area contributed by atoms with Gasteiger partial charge in [0, 0.05) is 23.9 Å². The van der Waals surface area contributed by atoms with Crippen molar-refractivity contribution >= 4 is 33.8 Å². The van der Waals surface area contributed by atoms with E-state index in [1.54, 1.807) is 12.1 Å². The van der Waals surface area contributed by atoms with Gasteiger partial charge in [0.2, 0.25) is 5.91 Å². The van der Waals surface area contributed by atoms with Crippen molar-refractivity contribution in [2.75, 3.05) is 13.7 Å². The fraction of sp³-hybridized carbons (Fsp3) is 0.400. The van der Waals surface area contributed by atoms with Crippen LogP contribution in [0.15, 0.2) is 28.7 Å². The van der Waals surface area contributed by atoms with Crippen LogP contribution in [0.25, 0.3) is 0 Å². The molecule has 2 rings (SSSR count). The summed E-state index contributed by atoms with van der Waals surface area (Å²) < 4.78 is 5.53. The van der Waals surface area contributed by atoms with Gasteiger partial charge in [0.25, 0.3) is 0 Å². The number of ether oxygens (including phenoxy) is 1. The summed E-state index contributed by atoms with van der Waals surface area (Å²) in [6, 6.07) is 6.26. The molecule has 0 aromatic heterocycles. The lowest BCUT2D eigenvalue weighted by Crippen LogP contribution is -2.44. The van der Waals surface area contributed by atoms with Crippen LogP contribution >= 0.6 is 15.9 Å². The van der Waals surface area contributed by atoms with E-state index in [1.165, 1.54) is 12.0 Å². The van der Waals surface area contributed by atoms with Crippen LogP contribution in [0.2, 0.25) is 0 Å². The summed E-state index contributed by atoms with van der Waals surface area (Å²) in [5.74, 6) is -2.49. The van der Waals surface area contributed by atoms with Crippen LogP contribution < -0.4 is 0 Å². The minimum absolute atomic E-state index is 0.00318. The fourth-order valence-corrected chi connectivity index (χ4v) is 2.80. The third kappa shape index (κ3) is 3.65. The molecule has 0 spiro atoms. The number of carbonyl (C=O) groups excluding carboxylic acids is 2. The van der Waals surface area contributed by atoms with Crippen molar-refractivity contribution in [3.8, 4) is 0 Å². The van der Waals surface area contributed by atoms with Crippen molar-refractivity contribution in [2.45, 2.75) is 18.9 Å². The molecular formula is C15H16BrNO5. The molecule has 7 heteroatoms. The normalized spacial score (nSPS) is 19.1. The lowest BCUT2D eigenvalue weighted by Gasteiger charge is -2.24. The van der Waals surface area contributed by atoms with Crippen molar-refractivity contribution in [3.63, 3.8) is 0 Å². The summed E-state index contributed by atoms with van der Waals surface area (Å²) in [7, 11) is 1.26. The van der Waals surface area contributed by atoms with E-state index in [1.807, 2.05) is 12.1 Å². The molecule has 0 saturated carbocycles. The highest BCUT2D eigenvalue weighted by Crippen LogP contribution is 2.23. The lowest BCUT2D eigenvalue weighted by molar-refractivity contribution is -0.148. The van der Waals surface area contributed by atoms with Crippen molar-refractivity contribution in [1.82, 2.24) is 4.90 Å². The maximum Gasteiger partial charge on any atom is 0.326 e. The standard InChI is InChI=1S/C15H16BrNO5/c1-22-15(21)10-7-13(18)17(8-10)12(14(19)20)6-9-2-4-11(16)5-3-9/h2-5,10,12H,6-8H2,1H3,(H,19,20). The molecule has 1 aromatic rings. The number of hydrogen-bond donors (Lipinski definition) is 1. The number of methoxy groups -OCH3 is 1. The average molecular weight is 370 g/mol. The second kappa shape index (κ2) is 6.91. The van der Waals surface area contributed by atoms with E-state index in [2.05, 4.69) is 20.7 Å². The fourth-order valence-electron chi connectivity index (χ4n) is 2.53. The Hall–Kier alpha value is -1.89. The molecule has 1 heterocycles. The first-order chi connectivity index (χ1) is 10.4. The summed E-state index contributed by atoms with van der Waals surface area (Å²) in [5, 5.41) is 9.43. The van der Waals surface area contributed by atoms with E-state index >= 15 is 0 Å². The minimum Gasteiger partial charge on any atom is -0.480 e. The molecule has 1 aliphatic heterocycles. The van der Waals surface area contributed by atoms with Gasteiger partial charge in [-0.25, -0.2) is 4.79 Å². The Labute approximate surface area is 136 Å². The maximum atomic E-state index is 12.0. The zero-order valence-corrected chi connectivity index (χ0v) is 13.6. The molecule has 0 radical (unpaired) electrons. The van der Waals surface area contributed by atoms with Crippen LogP contribution in [0.1, 0.15) is 12.0 Å². The van der Waals surface area contributed by atoms with Crippen molar-refractivity contribution in [1.29, 1.82) is 0 Å². The number of benzene rings is 1. The Morgan fingerprint density at radius 3 is 2.59 bits per heavy atom. The summed E-state index contributed by atoms with van der Waals surface area (Å²) >= 11 is 3.32. The number of esters is 1. The molecule has 1 aliphatic rings. The number of aliphatic carboxylic acids is 1. The third-order valence-electron chi connectivity index (χ3n) is 3.70. The smallest absolute Gasteiger partial charge is 0.326 e. The molecule has 22 heavy (non-hydrogen) atoms. The van der Waals surface area contributed by atoms with Crippen molar-refractivity contribution in [3.05, 3.63) is 34.3 Å². The number of hydrogen-bond acceptors (Lipinski definition) is 4. The maximum absolute atomic E-state index is 12.0. The van der Waals surface area contributed by atoms with Crippen molar-refractivity contribution in [2.24, 2.45) is 5.92 Å². The molecular weight excluding hydrogens is 354 g/mol. The molecule has 0 bridgehead atoms. The minimum atomic E-state index is -1.08. The first-order valence-corrected chi connectivity index (χ1v) is 7.56. The number of likely N-dealkylation sites (tertiary alicyclic amines) is 1. The summed E-state index contributed by atoms with van der Waals surface area (Å²) in [4.78, 5) is 36.4. The van der Waals surface area contributed by atoms with Gasteiger partial charge >= 0.3 is 11.9 Å². The van der Waals surface area contributed by atoms with Gasteiger partial charge in [0.15, 0.2) is 0 Å². The number of halogens is 1. The molecule has 1 saturated heterocycles. The summed E-state index contributed by atoms with van der Waals surface area (Å²) in [5.41, 5.74) is 0.810. The molecule has 118 valence electrons. The number of amides is 1. The van der Waals surface area contributed by atoms with Gasteiger partial charge < -0.3 is 14.7 Å². The van der Waals surface area contributed by atoms with Crippen LogP contribution in [0.5, 0.6) is 0 Å². The second-order valence-corrected chi connectivity index (χ2v) is 6.07. The van der Waals surface area contributed by atoms with Crippen LogP contribution in [-0.4, -0.2) is 47.5 Å². The predicted octanol–water partition coefficient (Wildman–Crippen LogP) is 1.47. The predicted molar refractivity (Wildman–Crippen MR) is 81.1 cm³/mol. The number of carbonyl (C=O) groups is 3. The zero-order valence-electron chi connectivity index (χ0n) is 12.0. The lowest BCUT2D eigenvalue weighted by atomic mass is 10.0. The summed E-state index contributed by atoms with van der Waals surface area (Å²) in [6.45, 7) is 0.0823. The first-order valence-electron chi connectivity index (χ1n) is 6.77. The largest absolute Gasteiger partial charge is 0.480 e. The quantitative estimate of drug-likeness (QED) is 0.794. The van der Waals surface area contributed by atoms with E-state index in [9.17, 15) is 19.5 Å². The van der Waals surface area contributed by atoms with Gasteiger partial charge in [-0.1, -0.05) is 28.1 Å². The highest BCUT2D eigenvalue weighted by molar-refractivity contribution is 9.10. The van der Waals surface area contributed by atoms with Crippen LogP contribution in [0, 0.1) is 5.92 Å². The highest BCUT2D eigenvalue weighted by Gasteiger charge is 2.40. The molecule has 1 fully saturated rings. The molecule has 1 N–H and O–H groups in total.